The summed E-state index contributed by atoms with van der Waals surface area (Å²) < 4.78 is 23.9. The van der Waals surface area contributed by atoms with Crippen molar-refractivity contribution >= 4 is 15.8 Å². The molecule has 0 bridgehead atoms. The smallest absolute Gasteiger partial charge is 0.303 e. The van der Waals surface area contributed by atoms with E-state index < -0.39 is 15.8 Å². The first-order valence-electron chi connectivity index (χ1n) is 5.41. The van der Waals surface area contributed by atoms with Crippen LogP contribution in [0, 0.1) is 5.92 Å². The minimum atomic E-state index is -3.30. The third-order valence-electron chi connectivity index (χ3n) is 2.46. The Morgan fingerprint density at radius 1 is 1.29 bits per heavy atom. The van der Waals surface area contributed by atoms with Crippen molar-refractivity contribution in [1.82, 2.24) is 0 Å². The molecule has 1 aromatic rings. The van der Waals surface area contributed by atoms with E-state index in [0.29, 0.717) is 11.3 Å². The van der Waals surface area contributed by atoms with Gasteiger partial charge in [-0.1, -0.05) is 25.1 Å². The first-order chi connectivity index (χ1) is 7.92. The van der Waals surface area contributed by atoms with Crippen LogP contribution in [0.15, 0.2) is 35.2 Å². The number of hydrogen-bond donors (Lipinski definition) is 1. The lowest BCUT2D eigenvalue weighted by molar-refractivity contribution is -0.137. The van der Waals surface area contributed by atoms with Crippen LogP contribution < -0.4 is 0 Å². The summed E-state index contributed by atoms with van der Waals surface area (Å²) in [6.07, 6.45) is 0.382. The molecular weight excluding hydrogens is 240 g/mol. The van der Waals surface area contributed by atoms with E-state index in [1.165, 1.54) is 0 Å². The standard InChI is InChI=1S/C12H16O4S/c1-10(7-8-12(13)14)9-17(15,16)11-5-3-2-4-6-11/h2-6,10H,7-9H2,1H3,(H,13,14)/t10-/m1/s1. The molecule has 17 heavy (non-hydrogen) atoms. The van der Waals surface area contributed by atoms with Crippen LogP contribution in [0.4, 0.5) is 0 Å². The lowest BCUT2D eigenvalue weighted by atomic mass is 10.1. The van der Waals surface area contributed by atoms with E-state index in [0.717, 1.165) is 0 Å². The van der Waals surface area contributed by atoms with Gasteiger partial charge in [0.05, 0.1) is 10.6 Å². The third kappa shape index (κ3) is 4.56. The quantitative estimate of drug-likeness (QED) is 0.844. The zero-order valence-electron chi connectivity index (χ0n) is 9.67. The highest BCUT2D eigenvalue weighted by Crippen LogP contribution is 2.16. The Bertz CT molecular complexity index is 465. The van der Waals surface area contributed by atoms with Crippen LogP contribution in [0.1, 0.15) is 19.8 Å². The number of hydrogen-bond acceptors (Lipinski definition) is 3. The fraction of sp³-hybridized carbons (Fsp3) is 0.417. The van der Waals surface area contributed by atoms with Crippen LogP contribution in [-0.4, -0.2) is 25.2 Å². The summed E-state index contributed by atoms with van der Waals surface area (Å²) in [6.45, 7) is 1.75. The normalized spacial score (nSPS) is 13.2. The molecule has 0 saturated carbocycles. The molecule has 1 aromatic carbocycles. The van der Waals surface area contributed by atoms with Gasteiger partial charge in [-0.15, -0.1) is 0 Å². The van der Waals surface area contributed by atoms with Gasteiger partial charge in [0.25, 0.3) is 0 Å². The molecule has 0 amide bonds. The van der Waals surface area contributed by atoms with Gasteiger partial charge in [0.15, 0.2) is 9.84 Å². The van der Waals surface area contributed by atoms with Gasteiger partial charge in [0, 0.05) is 6.42 Å². The van der Waals surface area contributed by atoms with Gasteiger partial charge in [-0.2, -0.15) is 0 Å². The fourth-order valence-electron chi connectivity index (χ4n) is 1.55. The average Bonchev–Trinajstić information content (AvgIpc) is 2.27. The summed E-state index contributed by atoms with van der Waals surface area (Å²) in [6, 6.07) is 8.22. The second-order valence-corrected chi connectivity index (χ2v) is 6.17. The van der Waals surface area contributed by atoms with Crippen molar-refractivity contribution in [2.24, 2.45) is 5.92 Å². The largest absolute Gasteiger partial charge is 0.481 e. The zero-order chi connectivity index (χ0) is 12.9. The highest BCUT2D eigenvalue weighted by atomic mass is 32.2. The molecule has 0 unspecified atom stereocenters. The molecule has 0 aromatic heterocycles. The first kappa shape index (κ1) is 13.7. The number of rotatable bonds is 6. The fourth-order valence-corrected chi connectivity index (χ4v) is 3.23. The molecule has 0 aliphatic heterocycles. The Hall–Kier alpha value is -1.36. The second kappa shape index (κ2) is 5.82. The summed E-state index contributed by atoms with van der Waals surface area (Å²) >= 11 is 0. The predicted octanol–water partition coefficient (Wildman–Crippen LogP) is 1.96. The number of carbonyl (C=O) groups is 1. The molecule has 0 aliphatic rings. The van der Waals surface area contributed by atoms with Crippen LogP contribution in [0.25, 0.3) is 0 Å². The molecule has 1 atom stereocenters. The van der Waals surface area contributed by atoms with Crippen LogP contribution >= 0.6 is 0 Å². The van der Waals surface area contributed by atoms with Crippen molar-refractivity contribution in [3.63, 3.8) is 0 Å². The van der Waals surface area contributed by atoms with E-state index in [9.17, 15) is 13.2 Å². The summed E-state index contributed by atoms with van der Waals surface area (Å²) in [7, 11) is -3.30. The molecule has 0 saturated heterocycles. The van der Waals surface area contributed by atoms with E-state index >= 15 is 0 Å². The second-order valence-electron chi connectivity index (χ2n) is 4.13. The Balaban J connectivity index is 2.64. The van der Waals surface area contributed by atoms with Crippen molar-refractivity contribution < 1.29 is 18.3 Å². The molecule has 0 radical (unpaired) electrons. The molecule has 94 valence electrons. The molecule has 1 rings (SSSR count). The lowest BCUT2D eigenvalue weighted by Crippen LogP contribution is -2.15. The molecule has 0 heterocycles. The Morgan fingerprint density at radius 2 is 1.88 bits per heavy atom. The minimum Gasteiger partial charge on any atom is -0.481 e. The van der Waals surface area contributed by atoms with Crippen molar-refractivity contribution in [2.45, 2.75) is 24.7 Å². The summed E-state index contributed by atoms with van der Waals surface area (Å²) in [4.78, 5) is 10.7. The maximum absolute atomic E-state index is 11.9. The van der Waals surface area contributed by atoms with E-state index in [4.69, 9.17) is 5.11 Å². The third-order valence-corrected chi connectivity index (χ3v) is 4.46. The summed E-state index contributed by atoms with van der Waals surface area (Å²) in [5, 5.41) is 8.53. The van der Waals surface area contributed by atoms with Crippen molar-refractivity contribution in [1.29, 1.82) is 0 Å². The number of aliphatic carboxylic acids is 1. The molecule has 0 fully saturated rings. The maximum atomic E-state index is 11.9. The van der Waals surface area contributed by atoms with Crippen LogP contribution in [0.5, 0.6) is 0 Å². The number of sulfone groups is 1. The van der Waals surface area contributed by atoms with Gasteiger partial charge in [0.2, 0.25) is 0 Å². The SMILES string of the molecule is C[C@H](CCC(=O)O)CS(=O)(=O)c1ccccc1. The van der Waals surface area contributed by atoms with Crippen LogP contribution in [-0.2, 0) is 14.6 Å². The van der Waals surface area contributed by atoms with Gasteiger partial charge < -0.3 is 5.11 Å². The average molecular weight is 256 g/mol. The number of carboxylic acids is 1. The minimum absolute atomic E-state index is 0.00543. The number of carboxylic acid groups (broad SMARTS) is 1. The Morgan fingerprint density at radius 3 is 2.41 bits per heavy atom. The van der Waals surface area contributed by atoms with E-state index in [2.05, 4.69) is 0 Å². The maximum Gasteiger partial charge on any atom is 0.303 e. The van der Waals surface area contributed by atoms with Gasteiger partial charge in [-0.3, -0.25) is 4.79 Å². The lowest BCUT2D eigenvalue weighted by Gasteiger charge is -2.10. The van der Waals surface area contributed by atoms with E-state index in [1.807, 2.05) is 0 Å². The highest BCUT2D eigenvalue weighted by Gasteiger charge is 2.18. The zero-order valence-corrected chi connectivity index (χ0v) is 10.5. The molecular formula is C12H16O4S. The number of benzene rings is 1. The van der Waals surface area contributed by atoms with E-state index in [1.54, 1.807) is 37.3 Å². The Labute approximate surface area is 101 Å². The monoisotopic (exact) mass is 256 g/mol. The predicted molar refractivity (Wildman–Crippen MR) is 64.5 cm³/mol. The topological polar surface area (TPSA) is 71.4 Å². The van der Waals surface area contributed by atoms with Crippen molar-refractivity contribution in [3.8, 4) is 0 Å². The van der Waals surface area contributed by atoms with Crippen LogP contribution in [0.3, 0.4) is 0 Å². The van der Waals surface area contributed by atoms with Gasteiger partial charge >= 0.3 is 5.97 Å². The molecule has 5 heteroatoms. The van der Waals surface area contributed by atoms with Gasteiger partial charge in [0.1, 0.15) is 0 Å². The molecule has 4 nitrogen and oxygen atoms in total. The van der Waals surface area contributed by atoms with Crippen molar-refractivity contribution in [3.05, 3.63) is 30.3 Å². The van der Waals surface area contributed by atoms with E-state index in [-0.39, 0.29) is 18.1 Å². The highest BCUT2D eigenvalue weighted by molar-refractivity contribution is 7.91. The Kier molecular flexibility index (Phi) is 4.69. The molecule has 1 N–H and O–H groups in total. The molecule has 0 aliphatic carbocycles. The molecule has 0 spiro atoms. The summed E-state index contributed by atoms with van der Waals surface area (Å²) in [5.74, 6) is -1.06. The van der Waals surface area contributed by atoms with Gasteiger partial charge in [-0.25, -0.2) is 8.42 Å². The first-order valence-corrected chi connectivity index (χ1v) is 7.06. The van der Waals surface area contributed by atoms with Crippen molar-refractivity contribution in [2.75, 3.05) is 5.75 Å². The summed E-state index contributed by atoms with van der Waals surface area (Å²) in [5.41, 5.74) is 0. The van der Waals surface area contributed by atoms with Gasteiger partial charge in [-0.05, 0) is 24.5 Å². The van der Waals surface area contributed by atoms with Crippen LogP contribution in [0.2, 0.25) is 0 Å².